The van der Waals surface area contributed by atoms with E-state index in [4.69, 9.17) is 10.9 Å². The first kappa shape index (κ1) is 16.8. The minimum atomic E-state index is -3.81. The lowest BCUT2D eigenvalue weighted by atomic mass is 10.2. The Kier molecular flexibility index (Phi) is 4.75. The summed E-state index contributed by atoms with van der Waals surface area (Å²) in [5, 5.41) is 5.23. The molecule has 0 saturated carbocycles. The van der Waals surface area contributed by atoms with E-state index in [1.807, 2.05) is 24.3 Å². The molecule has 6 nitrogen and oxygen atoms in total. The monoisotopic (exact) mass is 346 g/mol. The van der Waals surface area contributed by atoms with Crippen molar-refractivity contribution in [2.75, 3.05) is 36.8 Å². The van der Waals surface area contributed by atoms with Crippen molar-refractivity contribution in [3.63, 3.8) is 0 Å². The minimum Gasteiger partial charge on any atom is -0.396 e. The molecule has 0 atom stereocenters. The van der Waals surface area contributed by atoms with Crippen molar-refractivity contribution in [3.05, 3.63) is 54.1 Å². The van der Waals surface area contributed by atoms with Crippen molar-refractivity contribution in [1.82, 2.24) is 4.90 Å². The smallest absolute Gasteiger partial charge is 0.240 e. The Bertz CT molecular complexity index is 801. The number of rotatable bonds is 4. The summed E-state index contributed by atoms with van der Waals surface area (Å²) in [5.74, 6) is 0. The first-order valence-corrected chi connectivity index (χ1v) is 9.42. The van der Waals surface area contributed by atoms with Gasteiger partial charge < -0.3 is 10.6 Å². The highest BCUT2D eigenvalue weighted by atomic mass is 32.2. The highest BCUT2D eigenvalue weighted by molar-refractivity contribution is 7.89. The van der Waals surface area contributed by atoms with Gasteiger partial charge in [-0.05, 0) is 17.7 Å². The number of sulfonamides is 1. The first-order valence-electron chi connectivity index (χ1n) is 7.87. The Hall–Kier alpha value is -2.09. The third-order valence-corrected chi connectivity index (χ3v) is 5.28. The van der Waals surface area contributed by atoms with Crippen molar-refractivity contribution >= 4 is 21.4 Å². The number of hydrogen-bond acceptors (Lipinski definition) is 5. The number of piperazine rings is 1. The lowest BCUT2D eigenvalue weighted by Crippen LogP contribution is -2.46. The SMILES string of the molecule is Nc1c(N2CCN(Cc3ccccc3)CC2)cccc1S(N)(=O)=O. The largest absolute Gasteiger partial charge is 0.396 e. The number of para-hydroxylation sites is 1. The van der Waals surface area contributed by atoms with Crippen LogP contribution >= 0.6 is 0 Å². The maximum absolute atomic E-state index is 11.6. The molecule has 0 spiro atoms. The molecule has 4 N–H and O–H groups in total. The second-order valence-electron chi connectivity index (χ2n) is 5.98. The number of hydrogen-bond donors (Lipinski definition) is 2. The molecule has 0 amide bonds. The predicted octanol–water partition coefficient (Wildman–Crippen LogP) is 1.24. The summed E-state index contributed by atoms with van der Waals surface area (Å²) in [6.45, 7) is 4.31. The van der Waals surface area contributed by atoms with Gasteiger partial charge in [-0.15, -0.1) is 0 Å². The van der Waals surface area contributed by atoms with E-state index in [1.54, 1.807) is 6.07 Å². The normalized spacial score (nSPS) is 16.3. The quantitative estimate of drug-likeness (QED) is 0.813. The molecule has 24 heavy (non-hydrogen) atoms. The molecule has 0 radical (unpaired) electrons. The van der Waals surface area contributed by atoms with Crippen molar-refractivity contribution in [3.8, 4) is 0 Å². The number of anilines is 2. The van der Waals surface area contributed by atoms with Crippen molar-refractivity contribution in [1.29, 1.82) is 0 Å². The van der Waals surface area contributed by atoms with Crippen molar-refractivity contribution in [2.24, 2.45) is 5.14 Å². The maximum Gasteiger partial charge on any atom is 0.240 e. The highest BCUT2D eigenvalue weighted by Crippen LogP contribution is 2.29. The third-order valence-electron chi connectivity index (χ3n) is 4.31. The van der Waals surface area contributed by atoms with E-state index in [9.17, 15) is 8.42 Å². The first-order chi connectivity index (χ1) is 11.4. The van der Waals surface area contributed by atoms with E-state index < -0.39 is 10.0 Å². The molecule has 2 aromatic carbocycles. The van der Waals surface area contributed by atoms with Crippen LogP contribution in [0, 0.1) is 0 Å². The van der Waals surface area contributed by atoms with Gasteiger partial charge in [-0.2, -0.15) is 0 Å². The van der Waals surface area contributed by atoms with Gasteiger partial charge in [0.15, 0.2) is 0 Å². The van der Waals surface area contributed by atoms with Gasteiger partial charge >= 0.3 is 0 Å². The van der Waals surface area contributed by atoms with Crippen LogP contribution < -0.4 is 15.8 Å². The second-order valence-corrected chi connectivity index (χ2v) is 7.51. The molecular weight excluding hydrogens is 324 g/mol. The summed E-state index contributed by atoms with van der Waals surface area (Å²) >= 11 is 0. The van der Waals surface area contributed by atoms with Crippen LogP contribution in [-0.2, 0) is 16.6 Å². The highest BCUT2D eigenvalue weighted by Gasteiger charge is 2.22. The van der Waals surface area contributed by atoms with Crippen LogP contribution in [0.3, 0.4) is 0 Å². The van der Waals surface area contributed by atoms with Crippen LogP contribution in [0.15, 0.2) is 53.4 Å². The molecule has 128 valence electrons. The number of nitrogen functional groups attached to an aromatic ring is 1. The van der Waals surface area contributed by atoms with Gasteiger partial charge in [0.1, 0.15) is 4.90 Å². The zero-order valence-corrected chi connectivity index (χ0v) is 14.2. The van der Waals surface area contributed by atoms with E-state index in [2.05, 4.69) is 21.9 Å². The summed E-state index contributed by atoms with van der Waals surface area (Å²) in [7, 11) is -3.81. The average molecular weight is 346 g/mol. The van der Waals surface area contributed by atoms with Crippen LogP contribution in [0.2, 0.25) is 0 Å². The Labute approximate surface area is 142 Å². The molecule has 1 fully saturated rings. The predicted molar refractivity (Wildman–Crippen MR) is 96.2 cm³/mol. The molecule has 0 aliphatic carbocycles. The molecule has 0 aromatic heterocycles. The topological polar surface area (TPSA) is 92.7 Å². The van der Waals surface area contributed by atoms with Crippen molar-refractivity contribution in [2.45, 2.75) is 11.4 Å². The van der Waals surface area contributed by atoms with Crippen LogP contribution in [0.4, 0.5) is 11.4 Å². The van der Waals surface area contributed by atoms with Crippen LogP contribution in [0.25, 0.3) is 0 Å². The second kappa shape index (κ2) is 6.80. The summed E-state index contributed by atoms with van der Waals surface area (Å²) in [6.07, 6.45) is 0. The van der Waals surface area contributed by atoms with Gasteiger partial charge in [-0.1, -0.05) is 36.4 Å². The number of nitrogens with two attached hydrogens (primary N) is 2. The molecule has 3 rings (SSSR count). The summed E-state index contributed by atoms with van der Waals surface area (Å²) in [5.41, 5.74) is 8.31. The van der Waals surface area contributed by atoms with E-state index in [0.717, 1.165) is 38.4 Å². The zero-order valence-electron chi connectivity index (χ0n) is 13.4. The summed E-state index contributed by atoms with van der Waals surface area (Å²) < 4.78 is 23.2. The Balaban J connectivity index is 1.69. The third kappa shape index (κ3) is 3.69. The lowest BCUT2D eigenvalue weighted by molar-refractivity contribution is 0.250. The fourth-order valence-corrected chi connectivity index (χ4v) is 3.72. The molecule has 2 aromatic rings. The van der Waals surface area contributed by atoms with Crippen LogP contribution in [0.1, 0.15) is 5.56 Å². The molecular formula is C17H22N4O2S. The van der Waals surface area contributed by atoms with Crippen LogP contribution in [0.5, 0.6) is 0 Å². The van der Waals surface area contributed by atoms with Gasteiger partial charge in [0.25, 0.3) is 0 Å². The molecule has 7 heteroatoms. The summed E-state index contributed by atoms with van der Waals surface area (Å²) in [4.78, 5) is 4.49. The fraction of sp³-hybridized carbons (Fsp3) is 0.294. The van der Waals surface area contributed by atoms with Gasteiger partial charge in [0.05, 0.1) is 11.4 Å². The van der Waals surface area contributed by atoms with Gasteiger partial charge in [0.2, 0.25) is 10.0 Å². The van der Waals surface area contributed by atoms with Gasteiger partial charge in [-0.3, -0.25) is 4.90 Å². The number of benzene rings is 2. The molecule has 1 aliphatic heterocycles. The Morgan fingerprint density at radius 1 is 0.917 bits per heavy atom. The molecule has 1 saturated heterocycles. The minimum absolute atomic E-state index is 0.00767. The molecule has 0 bridgehead atoms. The number of primary sulfonamides is 1. The van der Waals surface area contributed by atoms with Gasteiger partial charge in [0, 0.05) is 32.7 Å². The average Bonchev–Trinajstić information content (AvgIpc) is 2.56. The lowest BCUT2D eigenvalue weighted by Gasteiger charge is -2.36. The summed E-state index contributed by atoms with van der Waals surface area (Å²) in [6, 6.07) is 15.3. The van der Waals surface area contributed by atoms with E-state index in [0.29, 0.717) is 0 Å². The van der Waals surface area contributed by atoms with E-state index in [1.165, 1.54) is 11.6 Å². The van der Waals surface area contributed by atoms with Crippen molar-refractivity contribution < 1.29 is 8.42 Å². The number of nitrogens with zero attached hydrogens (tertiary/aromatic N) is 2. The van der Waals surface area contributed by atoms with E-state index >= 15 is 0 Å². The molecule has 1 aliphatic rings. The maximum atomic E-state index is 11.6. The Morgan fingerprint density at radius 3 is 2.21 bits per heavy atom. The zero-order chi connectivity index (χ0) is 17.2. The molecule has 0 unspecified atom stereocenters. The van der Waals surface area contributed by atoms with E-state index in [-0.39, 0.29) is 10.6 Å². The van der Waals surface area contributed by atoms with Gasteiger partial charge in [-0.25, -0.2) is 13.6 Å². The standard InChI is InChI=1S/C17H22N4O2S/c18-17-15(7-4-8-16(17)24(19,22)23)21-11-9-20(10-12-21)13-14-5-2-1-3-6-14/h1-8H,9-13,18H2,(H2,19,22,23). The fourth-order valence-electron chi connectivity index (χ4n) is 3.04. The van der Waals surface area contributed by atoms with Crippen LogP contribution in [-0.4, -0.2) is 39.5 Å². The Morgan fingerprint density at radius 2 is 1.58 bits per heavy atom. The molecule has 1 heterocycles.